The van der Waals surface area contributed by atoms with Crippen molar-refractivity contribution < 1.29 is 0 Å². The van der Waals surface area contributed by atoms with E-state index in [1.54, 1.807) is 0 Å². The summed E-state index contributed by atoms with van der Waals surface area (Å²) in [5.41, 5.74) is 10.5. The molecule has 0 aromatic carbocycles. The minimum Gasteiger partial charge on any atom is -0.368 e. The molecule has 0 saturated heterocycles. The molecule has 1 heterocycles. The maximum atomic E-state index is 5.26. The number of nitrogen functional groups attached to an aromatic ring is 2. The van der Waals surface area contributed by atoms with Crippen molar-refractivity contribution in [3.8, 4) is 0 Å². The fraction of sp³-hybridized carbons (Fsp3) is 0. The predicted molar refractivity (Wildman–Crippen MR) is 49.1 cm³/mol. The Balaban J connectivity index is 3.08. The van der Waals surface area contributed by atoms with E-state index in [2.05, 4.69) is 40.6 Å². The summed E-state index contributed by atoms with van der Waals surface area (Å²) >= 11 is 7.63. The van der Waals surface area contributed by atoms with E-state index in [4.69, 9.17) is 11.5 Å². The topological polar surface area (TPSA) is 93.9 Å². The lowest BCUT2D eigenvalue weighted by atomic mass is 10.8. The lowest BCUT2D eigenvalue weighted by Gasteiger charge is -2.06. The number of hydrogen-bond acceptors (Lipinski definition) is 8. The monoisotopic (exact) mass is 190 g/mol. The summed E-state index contributed by atoms with van der Waals surface area (Å²) in [4.78, 5) is 10.9. The van der Waals surface area contributed by atoms with Crippen molar-refractivity contribution in [2.75, 3.05) is 15.2 Å². The maximum absolute atomic E-state index is 5.26. The van der Waals surface area contributed by atoms with Crippen LogP contribution in [0.25, 0.3) is 0 Å². The zero-order chi connectivity index (χ0) is 8.43. The Morgan fingerprint density at radius 1 is 1.00 bits per heavy atom. The highest BCUT2D eigenvalue weighted by Gasteiger charge is 2.03. The Morgan fingerprint density at radius 2 is 1.45 bits per heavy atom. The first-order valence-corrected chi connectivity index (χ1v) is 3.34. The summed E-state index contributed by atoms with van der Waals surface area (Å²) < 4.78 is 1.09. The number of hydrogen-bond donors (Lipinski definition) is 4. The van der Waals surface area contributed by atoms with Crippen molar-refractivity contribution in [2.45, 2.75) is 0 Å². The van der Waals surface area contributed by atoms with E-state index < -0.39 is 0 Å². The smallest absolute Gasteiger partial charge is 0.252 e. The van der Waals surface area contributed by atoms with Gasteiger partial charge in [0.05, 0.1) is 0 Å². The number of nitrogens with zero attached hydrogens (tertiary/aromatic N) is 4. The van der Waals surface area contributed by atoms with Crippen LogP contribution in [0.3, 0.4) is 0 Å². The van der Waals surface area contributed by atoms with Gasteiger partial charge in [0.15, 0.2) is 0 Å². The molecule has 0 radical (unpaired) electrons. The van der Waals surface area contributed by atoms with Crippen LogP contribution in [-0.4, -0.2) is 15.0 Å². The normalized spacial score (nSPS) is 9.64. The molecule has 0 fully saturated rings. The number of aromatic nitrogens is 3. The van der Waals surface area contributed by atoms with Crippen molar-refractivity contribution in [1.82, 2.24) is 15.0 Å². The first-order valence-electron chi connectivity index (χ1n) is 2.54. The van der Waals surface area contributed by atoms with Crippen LogP contribution in [0, 0.1) is 0 Å². The van der Waals surface area contributed by atoms with Gasteiger partial charge in [0.25, 0.3) is 5.95 Å². The second-order valence-corrected chi connectivity index (χ2v) is 2.76. The van der Waals surface area contributed by atoms with Crippen molar-refractivity contribution >= 4 is 43.5 Å². The number of anilines is 3. The molecule has 0 amide bonds. The predicted octanol–water partition coefficient (Wildman–Crippen LogP) is -0.468. The average molecular weight is 190 g/mol. The second kappa shape index (κ2) is 3.01. The molecule has 11 heavy (non-hydrogen) atoms. The number of rotatable bonds is 1. The minimum atomic E-state index is 0.0422. The zero-order valence-corrected chi connectivity index (χ0v) is 7.13. The summed E-state index contributed by atoms with van der Waals surface area (Å²) in [6.07, 6.45) is 0. The molecule has 1 rings (SSSR count). The van der Waals surface area contributed by atoms with Crippen LogP contribution in [0.5, 0.6) is 0 Å². The SMILES string of the molecule is Nc1nc(N)nc(N(S)S)n1. The molecule has 8 heteroatoms. The van der Waals surface area contributed by atoms with Crippen LogP contribution in [0.4, 0.5) is 17.8 Å². The highest BCUT2D eigenvalue weighted by Crippen LogP contribution is 2.13. The summed E-state index contributed by atoms with van der Waals surface area (Å²) in [6.45, 7) is 0. The van der Waals surface area contributed by atoms with E-state index in [1.807, 2.05) is 0 Å². The van der Waals surface area contributed by atoms with E-state index in [9.17, 15) is 0 Å². The van der Waals surface area contributed by atoms with Gasteiger partial charge in [-0.2, -0.15) is 15.0 Å². The lowest BCUT2D eigenvalue weighted by Crippen LogP contribution is -2.07. The van der Waals surface area contributed by atoms with Gasteiger partial charge in [-0.05, 0) is 0 Å². The van der Waals surface area contributed by atoms with Crippen LogP contribution >= 0.6 is 25.6 Å². The minimum absolute atomic E-state index is 0.0422. The first-order chi connectivity index (χ1) is 5.09. The van der Waals surface area contributed by atoms with Gasteiger partial charge >= 0.3 is 0 Å². The summed E-state index contributed by atoms with van der Waals surface area (Å²) in [5.74, 6) is 0.280. The van der Waals surface area contributed by atoms with Crippen LogP contribution in [-0.2, 0) is 0 Å². The third-order valence-electron chi connectivity index (χ3n) is 0.837. The Bertz CT molecular complexity index is 242. The van der Waals surface area contributed by atoms with Gasteiger partial charge in [-0.3, -0.25) is 0 Å². The van der Waals surface area contributed by atoms with Crippen molar-refractivity contribution in [3.05, 3.63) is 0 Å². The molecule has 0 aliphatic heterocycles. The molecule has 0 aliphatic rings. The van der Waals surface area contributed by atoms with Crippen molar-refractivity contribution in [1.29, 1.82) is 0 Å². The third-order valence-corrected chi connectivity index (χ3v) is 1.19. The molecule has 0 spiro atoms. The highest BCUT2D eigenvalue weighted by molar-refractivity contribution is 8.00. The fourth-order valence-corrected chi connectivity index (χ4v) is 0.666. The molecule has 1 aromatic heterocycles. The number of thiol groups is 2. The Kier molecular flexibility index (Phi) is 2.25. The molecule has 0 saturated carbocycles. The number of nitrogens with two attached hydrogens (primary N) is 2. The summed E-state index contributed by atoms with van der Waals surface area (Å²) in [5, 5.41) is 0. The zero-order valence-electron chi connectivity index (χ0n) is 5.34. The van der Waals surface area contributed by atoms with Gasteiger partial charge in [0.2, 0.25) is 11.9 Å². The van der Waals surface area contributed by atoms with E-state index in [-0.39, 0.29) is 17.8 Å². The Hall–Kier alpha value is -0.890. The molecule has 0 bridgehead atoms. The molecule has 6 nitrogen and oxygen atoms in total. The van der Waals surface area contributed by atoms with E-state index in [0.29, 0.717) is 0 Å². The molecule has 60 valence electrons. The molecular formula is C3H6N6S2. The van der Waals surface area contributed by atoms with Gasteiger partial charge < -0.3 is 11.5 Å². The summed E-state index contributed by atoms with van der Waals surface area (Å²) in [7, 11) is 0. The van der Waals surface area contributed by atoms with Crippen molar-refractivity contribution in [3.63, 3.8) is 0 Å². The van der Waals surface area contributed by atoms with Gasteiger partial charge in [-0.25, -0.2) is 3.71 Å². The highest BCUT2D eigenvalue weighted by atomic mass is 32.2. The Labute approximate surface area is 74.1 Å². The quantitative estimate of drug-likeness (QED) is 0.447. The van der Waals surface area contributed by atoms with Gasteiger partial charge in [-0.1, -0.05) is 25.6 Å². The molecule has 4 N–H and O–H groups in total. The standard InChI is InChI=1S/C3H6N6S2/c4-1-6-2(5)8-3(7-1)9(10)11/h10-11H,(H4,4,5,6,7,8). The third kappa shape index (κ3) is 2.02. The molecule has 1 aromatic rings. The van der Waals surface area contributed by atoms with Gasteiger partial charge in [0.1, 0.15) is 0 Å². The molecule has 0 unspecified atom stereocenters. The fourth-order valence-electron chi connectivity index (χ4n) is 0.487. The van der Waals surface area contributed by atoms with Crippen LogP contribution in [0.1, 0.15) is 0 Å². The van der Waals surface area contributed by atoms with E-state index in [0.717, 1.165) is 3.71 Å². The van der Waals surface area contributed by atoms with Gasteiger partial charge in [-0.15, -0.1) is 0 Å². The van der Waals surface area contributed by atoms with Crippen LogP contribution in [0.15, 0.2) is 0 Å². The first kappa shape index (κ1) is 8.21. The van der Waals surface area contributed by atoms with E-state index in [1.165, 1.54) is 0 Å². The van der Waals surface area contributed by atoms with Crippen LogP contribution < -0.4 is 15.2 Å². The lowest BCUT2D eigenvalue weighted by molar-refractivity contribution is 1.08. The largest absolute Gasteiger partial charge is 0.368 e. The summed E-state index contributed by atoms with van der Waals surface area (Å²) in [6, 6.07) is 0. The second-order valence-electron chi connectivity index (χ2n) is 1.64. The van der Waals surface area contributed by atoms with Crippen molar-refractivity contribution in [2.24, 2.45) is 0 Å². The average Bonchev–Trinajstić information content (AvgIpc) is 1.85. The Morgan fingerprint density at radius 3 is 1.82 bits per heavy atom. The molecule has 0 atom stereocenters. The molecule has 0 aliphatic carbocycles. The van der Waals surface area contributed by atoms with Crippen LogP contribution in [0.2, 0.25) is 0 Å². The molecular weight excluding hydrogens is 184 g/mol. The van der Waals surface area contributed by atoms with E-state index >= 15 is 0 Å². The van der Waals surface area contributed by atoms with Gasteiger partial charge in [0, 0.05) is 0 Å². The maximum Gasteiger partial charge on any atom is 0.252 e.